The van der Waals surface area contributed by atoms with Crippen molar-refractivity contribution in [3.8, 4) is 0 Å². The third-order valence-corrected chi connectivity index (χ3v) is 4.66. The number of carbonyl (C=O) groups excluding carboxylic acids is 1. The van der Waals surface area contributed by atoms with Gasteiger partial charge in [0.2, 0.25) is 15.9 Å². The van der Waals surface area contributed by atoms with Crippen molar-refractivity contribution in [2.75, 3.05) is 33.1 Å². The number of methoxy groups -OCH3 is 1. The van der Waals surface area contributed by atoms with Gasteiger partial charge in [0.15, 0.2) is 0 Å². The molecule has 24 heavy (non-hydrogen) atoms. The standard InChI is InChI=1S/C15H22N2O6S/c1-17(11-12-4-6-13(7-5-12)15(19)20)14(18)10-16-24(21,22)9-3-8-23-2/h4-7,16H,3,8-11H2,1-2H3,(H,19,20). The number of carboxylic acid groups (broad SMARTS) is 1. The molecule has 0 heterocycles. The summed E-state index contributed by atoms with van der Waals surface area (Å²) in [6.45, 7) is 0.268. The summed E-state index contributed by atoms with van der Waals surface area (Å²) in [6, 6.07) is 6.13. The molecule has 1 rings (SSSR count). The molecule has 9 heteroatoms. The van der Waals surface area contributed by atoms with Gasteiger partial charge < -0.3 is 14.7 Å². The van der Waals surface area contributed by atoms with Gasteiger partial charge in [-0.1, -0.05) is 12.1 Å². The molecule has 0 saturated heterocycles. The normalized spacial score (nSPS) is 11.2. The van der Waals surface area contributed by atoms with Crippen molar-refractivity contribution in [1.29, 1.82) is 0 Å². The minimum atomic E-state index is -3.51. The lowest BCUT2D eigenvalue weighted by Gasteiger charge is -2.17. The Hall–Kier alpha value is -1.97. The van der Waals surface area contributed by atoms with Crippen LogP contribution >= 0.6 is 0 Å². The number of carbonyl (C=O) groups is 2. The maximum Gasteiger partial charge on any atom is 0.335 e. The summed E-state index contributed by atoms with van der Waals surface area (Å²) in [5.74, 6) is -1.50. The first-order valence-electron chi connectivity index (χ1n) is 7.27. The van der Waals surface area contributed by atoms with Crippen molar-refractivity contribution in [1.82, 2.24) is 9.62 Å². The molecule has 0 spiro atoms. The van der Waals surface area contributed by atoms with E-state index in [-0.39, 0.29) is 30.3 Å². The molecule has 0 bridgehead atoms. The Bertz CT molecular complexity index is 657. The fourth-order valence-electron chi connectivity index (χ4n) is 1.89. The smallest absolute Gasteiger partial charge is 0.335 e. The van der Waals surface area contributed by atoms with Crippen molar-refractivity contribution in [2.24, 2.45) is 0 Å². The number of likely N-dealkylation sites (N-methyl/N-ethyl adjacent to an activating group) is 1. The number of hydrogen-bond acceptors (Lipinski definition) is 5. The molecule has 0 fully saturated rings. The SMILES string of the molecule is COCCCS(=O)(=O)NCC(=O)N(C)Cc1ccc(C(=O)O)cc1. The number of carboxylic acids is 1. The van der Waals surface area contributed by atoms with Gasteiger partial charge in [-0.3, -0.25) is 4.79 Å². The number of nitrogens with zero attached hydrogens (tertiary/aromatic N) is 1. The Balaban J connectivity index is 2.48. The van der Waals surface area contributed by atoms with E-state index in [1.807, 2.05) is 0 Å². The Morgan fingerprint density at radius 1 is 1.25 bits per heavy atom. The van der Waals surface area contributed by atoms with E-state index >= 15 is 0 Å². The molecule has 0 aliphatic carbocycles. The zero-order valence-electron chi connectivity index (χ0n) is 13.7. The average Bonchev–Trinajstić information content (AvgIpc) is 2.53. The average molecular weight is 358 g/mol. The molecule has 0 unspecified atom stereocenters. The van der Waals surface area contributed by atoms with Gasteiger partial charge in [-0.25, -0.2) is 17.9 Å². The molecule has 1 amide bonds. The molecule has 0 aromatic heterocycles. The van der Waals surface area contributed by atoms with Crippen LogP contribution in [0.1, 0.15) is 22.3 Å². The van der Waals surface area contributed by atoms with Gasteiger partial charge in [-0.2, -0.15) is 0 Å². The van der Waals surface area contributed by atoms with E-state index in [9.17, 15) is 18.0 Å². The summed E-state index contributed by atoms with van der Waals surface area (Å²) in [5.41, 5.74) is 0.912. The quantitative estimate of drug-likeness (QED) is 0.582. The maximum atomic E-state index is 12.0. The lowest BCUT2D eigenvalue weighted by atomic mass is 10.1. The van der Waals surface area contributed by atoms with Crippen LogP contribution in [0.5, 0.6) is 0 Å². The second-order valence-electron chi connectivity index (χ2n) is 5.24. The number of ether oxygens (including phenoxy) is 1. The highest BCUT2D eigenvalue weighted by atomic mass is 32.2. The highest BCUT2D eigenvalue weighted by Gasteiger charge is 2.15. The van der Waals surface area contributed by atoms with Crippen LogP contribution in [0.15, 0.2) is 24.3 Å². The highest BCUT2D eigenvalue weighted by molar-refractivity contribution is 7.89. The lowest BCUT2D eigenvalue weighted by Crippen LogP contribution is -2.38. The summed E-state index contributed by atoms with van der Waals surface area (Å²) >= 11 is 0. The molecule has 0 radical (unpaired) electrons. The Morgan fingerprint density at radius 3 is 2.42 bits per heavy atom. The van der Waals surface area contributed by atoms with E-state index < -0.39 is 16.0 Å². The van der Waals surface area contributed by atoms with Crippen molar-refractivity contribution < 1.29 is 27.9 Å². The minimum absolute atomic E-state index is 0.103. The number of hydrogen-bond donors (Lipinski definition) is 2. The van der Waals surface area contributed by atoms with E-state index in [0.717, 1.165) is 5.56 Å². The van der Waals surface area contributed by atoms with Gasteiger partial charge in [0.25, 0.3) is 0 Å². The third kappa shape index (κ3) is 7.07. The monoisotopic (exact) mass is 358 g/mol. The van der Waals surface area contributed by atoms with Crippen LogP contribution in [0.25, 0.3) is 0 Å². The zero-order valence-corrected chi connectivity index (χ0v) is 14.5. The molecule has 0 saturated carbocycles. The summed E-state index contributed by atoms with van der Waals surface area (Å²) in [4.78, 5) is 24.1. The fraction of sp³-hybridized carbons (Fsp3) is 0.467. The first-order chi connectivity index (χ1) is 11.2. The van der Waals surface area contributed by atoms with Crippen molar-refractivity contribution >= 4 is 21.9 Å². The van der Waals surface area contributed by atoms with Crippen molar-refractivity contribution in [3.63, 3.8) is 0 Å². The van der Waals surface area contributed by atoms with Crippen LogP contribution in [-0.4, -0.2) is 63.4 Å². The number of amides is 1. The molecule has 0 aliphatic heterocycles. The predicted molar refractivity (Wildman–Crippen MR) is 88.2 cm³/mol. The maximum absolute atomic E-state index is 12.0. The molecular weight excluding hydrogens is 336 g/mol. The lowest BCUT2D eigenvalue weighted by molar-refractivity contribution is -0.129. The molecule has 134 valence electrons. The van der Waals surface area contributed by atoms with Gasteiger partial charge in [0.05, 0.1) is 17.9 Å². The fourth-order valence-corrected chi connectivity index (χ4v) is 2.87. The van der Waals surface area contributed by atoms with Crippen LogP contribution in [0.2, 0.25) is 0 Å². The van der Waals surface area contributed by atoms with Crippen molar-refractivity contribution in [2.45, 2.75) is 13.0 Å². The molecule has 2 N–H and O–H groups in total. The molecule has 1 aromatic rings. The number of aromatic carboxylic acids is 1. The Labute approximate surface area is 141 Å². The molecule has 8 nitrogen and oxygen atoms in total. The summed E-state index contributed by atoms with van der Waals surface area (Å²) in [5, 5.41) is 8.83. The molecule has 0 aliphatic rings. The van der Waals surface area contributed by atoms with E-state index in [2.05, 4.69) is 4.72 Å². The van der Waals surface area contributed by atoms with E-state index in [1.165, 1.54) is 24.1 Å². The summed E-state index contributed by atoms with van der Waals surface area (Å²) < 4.78 is 30.4. The van der Waals surface area contributed by atoms with Crippen LogP contribution in [0.4, 0.5) is 0 Å². The van der Waals surface area contributed by atoms with Gasteiger partial charge in [0.1, 0.15) is 0 Å². The number of benzene rings is 1. The van der Waals surface area contributed by atoms with Crippen LogP contribution in [-0.2, 0) is 26.1 Å². The Kier molecular flexibility index (Phi) is 7.83. The van der Waals surface area contributed by atoms with Crippen LogP contribution in [0, 0.1) is 0 Å². The van der Waals surface area contributed by atoms with Crippen LogP contribution < -0.4 is 4.72 Å². The van der Waals surface area contributed by atoms with E-state index in [4.69, 9.17) is 9.84 Å². The predicted octanol–water partition coefficient (Wildman–Crippen LogP) is 0.299. The molecule has 1 aromatic carbocycles. The summed E-state index contributed by atoms with van der Waals surface area (Å²) in [6.07, 6.45) is 0.353. The minimum Gasteiger partial charge on any atom is -0.478 e. The van der Waals surface area contributed by atoms with Gasteiger partial charge in [-0.15, -0.1) is 0 Å². The van der Waals surface area contributed by atoms with E-state index in [1.54, 1.807) is 19.2 Å². The van der Waals surface area contributed by atoms with Crippen LogP contribution in [0.3, 0.4) is 0 Å². The number of sulfonamides is 1. The first-order valence-corrected chi connectivity index (χ1v) is 8.93. The number of nitrogens with one attached hydrogen (secondary N) is 1. The van der Waals surface area contributed by atoms with E-state index in [0.29, 0.717) is 13.0 Å². The molecular formula is C15H22N2O6S. The molecule has 0 atom stereocenters. The second kappa shape index (κ2) is 9.36. The number of rotatable bonds is 10. The first kappa shape index (κ1) is 20.1. The largest absolute Gasteiger partial charge is 0.478 e. The second-order valence-corrected chi connectivity index (χ2v) is 7.16. The van der Waals surface area contributed by atoms with Gasteiger partial charge >= 0.3 is 5.97 Å². The van der Waals surface area contributed by atoms with Gasteiger partial charge in [0, 0.05) is 27.3 Å². The topological polar surface area (TPSA) is 113 Å². The summed E-state index contributed by atoms with van der Waals surface area (Å²) in [7, 11) is -0.477. The Morgan fingerprint density at radius 2 is 1.88 bits per heavy atom. The third-order valence-electron chi connectivity index (χ3n) is 3.25. The highest BCUT2D eigenvalue weighted by Crippen LogP contribution is 2.07. The van der Waals surface area contributed by atoms with Gasteiger partial charge in [-0.05, 0) is 24.1 Å². The zero-order chi connectivity index (χ0) is 18.2. The van der Waals surface area contributed by atoms with Crippen molar-refractivity contribution in [3.05, 3.63) is 35.4 Å².